The zero-order valence-corrected chi connectivity index (χ0v) is 12.9. The van der Waals surface area contributed by atoms with Gasteiger partial charge >= 0.3 is 5.97 Å². The number of rotatable bonds is 6. The number of carbonyl (C=O) groups is 1. The van der Waals surface area contributed by atoms with E-state index in [1.165, 1.54) is 32.1 Å². The summed E-state index contributed by atoms with van der Waals surface area (Å²) in [7, 11) is 0. The molecule has 4 heteroatoms. The third-order valence-electron chi connectivity index (χ3n) is 4.36. The van der Waals surface area contributed by atoms with Gasteiger partial charge in [-0.05, 0) is 37.5 Å². The minimum atomic E-state index is -0.0977. The van der Waals surface area contributed by atoms with Gasteiger partial charge in [-0.1, -0.05) is 26.7 Å². The van der Waals surface area contributed by atoms with E-state index in [1.54, 1.807) is 0 Å². The van der Waals surface area contributed by atoms with Crippen molar-refractivity contribution < 1.29 is 14.3 Å². The summed E-state index contributed by atoms with van der Waals surface area (Å²) in [5.41, 5.74) is 0. The maximum atomic E-state index is 12.0. The van der Waals surface area contributed by atoms with Crippen LogP contribution in [0, 0.1) is 11.8 Å². The molecule has 0 spiro atoms. The Hall–Kier alpha value is -0.610. The number of nitrogens with one attached hydrogen (secondary N) is 1. The summed E-state index contributed by atoms with van der Waals surface area (Å²) in [6.07, 6.45) is 7.27. The average molecular weight is 283 g/mol. The third kappa shape index (κ3) is 4.74. The molecule has 20 heavy (non-hydrogen) atoms. The number of carbonyl (C=O) groups excluding carboxylic acids is 1. The van der Waals surface area contributed by atoms with Crippen LogP contribution in [-0.2, 0) is 14.3 Å². The normalized spacial score (nSPS) is 30.1. The summed E-state index contributed by atoms with van der Waals surface area (Å²) < 4.78 is 10.7. The fourth-order valence-electron chi connectivity index (χ4n) is 3.30. The molecule has 0 radical (unpaired) electrons. The van der Waals surface area contributed by atoms with E-state index in [1.807, 2.05) is 0 Å². The van der Waals surface area contributed by atoms with Crippen LogP contribution in [0.25, 0.3) is 0 Å². The Bertz CT molecular complexity index is 306. The fourth-order valence-corrected chi connectivity index (χ4v) is 3.30. The van der Waals surface area contributed by atoms with Crippen LogP contribution in [0.3, 0.4) is 0 Å². The molecule has 1 saturated carbocycles. The minimum absolute atomic E-state index is 0.0952. The lowest BCUT2D eigenvalue weighted by Gasteiger charge is -2.39. The smallest absolute Gasteiger partial charge is 0.323 e. The molecule has 0 aromatic heterocycles. The fraction of sp³-hybridized carbons (Fsp3) is 0.938. The molecular formula is C16H29NO3. The second kappa shape index (κ2) is 7.99. The predicted molar refractivity (Wildman–Crippen MR) is 78.5 cm³/mol. The van der Waals surface area contributed by atoms with Crippen molar-refractivity contribution in [3.05, 3.63) is 0 Å². The summed E-state index contributed by atoms with van der Waals surface area (Å²) >= 11 is 0. The van der Waals surface area contributed by atoms with Crippen LogP contribution in [-0.4, -0.2) is 37.9 Å². The summed E-state index contributed by atoms with van der Waals surface area (Å²) in [6, 6.07) is 0.437. The molecule has 4 nitrogen and oxygen atoms in total. The Balaban J connectivity index is 1.63. The van der Waals surface area contributed by atoms with Crippen molar-refractivity contribution in [1.82, 2.24) is 5.32 Å². The molecule has 0 bridgehead atoms. The van der Waals surface area contributed by atoms with Gasteiger partial charge in [-0.25, -0.2) is 0 Å². The summed E-state index contributed by atoms with van der Waals surface area (Å²) in [4.78, 5) is 12.0. The molecule has 3 atom stereocenters. The summed E-state index contributed by atoms with van der Waals surface area (Å²) in [5, 5.41) is 3.50. The van der Waals surface area contributed by atoms with Crippen molar-refractivity contribution in [2.24, 2.45) is 11.8 Å². The lowest BCUT2D eigenvalue weighted by Crippen LogP contribution is -2.52. The van der Waals surface area contributed by atoms with E-state index in [-0.39, 0.29) is 12.0 Å². The van der Waals surface area contributed by atoms with E-state index in [2.05, 4.69) is 19.2 Å². The maximum absolute atomic E-state index is 12.0. The monoisotopic (exact) mass is 283 g/mol. The predicted octanol–water partition coefficient (Wildman–Crippen LogP) is 2.51. The molecule has 3 unspecified atom stereocenters. The Morgan fingerprint density at radius 3 is 2.75 bits per heavy atom. The average Bonchev–Trinajstić information content (AvgIpc) is 2.46. The van der Waals surface area contributed by atoms with Crippen molar-refractivity contribution in [1.29, 1.82) is 0 Å². The van der Waals surface area contributed by atoms with E-state index in [0.29, 0.717) is 25.2 Å². The summed E-state index contributed by atoms with van der Waals surface area (Å²) in [6.45, 7) is 5.82. The van der Waals surface area contributed by atoms with Gasteiger partial charge in [0.25, 0.3) is 0 Å². The highest BCUT2D eigenvalue weighted by Crippen LogP contribution is 2.32. The highest BCUT2D eigenvalue weighted by atomic mass is 16.6. The number of esters is 1. The van der Waals surface area contributed by atoms with Gasteiger partial charge in [0, 0.05) is 12.6 Å². The molecule has 1 N–H and O–H groups in total. The number of fused-ring (bicyclic) bond motifs is 1. The largest absolute Gasteiger partial charge is 0.462 e. The van der Waals surface area contributed by atoms with Gasteiger partial charge in [-0.2, -0.15) is 0 Å². The zero-order valence-electron chi connectivity index (χ0n) is 12.9. The van der Waals surface area contributed by atoms with Crippen LogP contribution in [0.15, 0.2) is 0 Å². The number of ether oxygens (including phenoxy) is 2. The quantitative estimate of drug-likeness (QED) is 0.601. The van der Waals surface area contributed by atoms with Crippen LogP contribution in [0.5, 0.6) is 0 Å². The highest BCUT2D eigenvalue weighted by molar-refractivity contribution is 5.76. The van der Waals surface area contributed by atoms with Crippen LogP contribution >= 0.6 is 0 Å². The second-order valence-electron chi connectivity index (χ2n) is 6.58. The molecule has 0 amide bonds. The van der Waals surface area contributed by atoms with Crippen molar-refractivity contribution >= 4 is 5.97 Å². The molecule has 2 aliphatic rings. The molecule has 2 rings (SSSR count). The van der Waals surface area contributed by atoms with Gasteiger partial charge in [0.05, 0.1) is 6.61 Å². The van der Waals surface area contributed by atoms with Crippen molar-refractivity contribution in [2.45, 2.75) is 64.5 Å². The molecule has 1 aliphatic heterocycles. The van der Waals surface area contributed by atoms with E-state index in [4.69, 9.17) is 9.47 Å². The van der Waals surface area contributed by atoms with Gasteiger partial charge in [0.1, 0.15) is 12.6 Å². The lowest BCUT2D eigenvalue weighted by atomic mass is 9.78. The SMILES string of the molecule is CC(C)COCCOC(=O)C1CCC2CCCCC2N1. The third-order valence-corrected chi connectivity index (χ3v) is 4.36. The molecule has 0 aromatic rings. The first kappa shape index (κ1) is 15.8. The highest BCUT2D eigenvalue weighted by Gasteiger charge is 2.34. The van der Waals surface area contributed by atoms with Gasteiger partial charge in [0.15, 0.2) is 0 Å². The molecule has 1 saturated heterocycles. The Kier molecular flexibility index (Phi) is 6.30. The van der Waals surface area contributed by atoms with E-state index in [0.717, 1.165) is 18.9 Å². The standard InChI is InChI=1S/C16H29NO3/c1-12(2)11-19-9-10-20-16(18)15-8-7-13-5-3-4-6-14(13)17-15/h12-15,17H,3-11H2,1-2H3. The first-order valence-corrected chi connectivity index (χ1v) is 8.17. The van der Waals surface area contributed by atoms with Crippen molar-refractivity contribution in [2.75, 3.05) is 19.8 Å². The van der Waals surface area contributed by atoms with Gasteiger partial charge in [-0.3, -0.25) is 4.79 Å². The van der Waals surface area contributed by atoms with E-state index >= 15 is 0 Å². The van der Waals surface area contributed by atoms with Crippen LogP contribution < -0.4 is 5.32 Å². The number of hydrogen-bond donors (Lipinski definition) is 1. The van der Waals surface area contributed by atoms with Crippen LogP contribution in [0.1, 0.15) is 52.4 Å². The zero-order chi connectivity index (χ0) is 14.4. The van der Waals surface area contributed by atoms with E-state index < -0.39 is 0 Å². The molecule has 0 aromatic carbocycles. The Labute approximate surface area is 122 Å². The van der Waals surface area contributed by atoms with Gasteiger partial charge < -0.3 is 14.8 Å². The van der Waals surface area contributed by atoms with Crippen LogP contribution in [0.4, 0.5) is 0 Å². The molecule has 2 fully saturated rings. The van der Waals surface area contributed by atoms with Crippen LogP contribution in [0.2, 0.25) is 0 Å². The Morgan fingerprint density at radius 1 is 1.15 bits per heavy atom. The second-order valence-corrected chi connectivity index (χ2v) is 6.58. The topological polar surface area (TPSA) is 47.6 Å². The van der Waals surface area contributed by atoms with Crippen molar-refractivity contribution in [3.8, 4) is 0 Å². The van der Waals surface area contributed by atoms with E-state index in [9.17, 15) is 4.79 Å². The summed E-state index contributed by atoms with van der Waals surface area (Å²) in [5.74, 6) is 1.21. The number of piperidine rings is 1. The maximum Gasteiger partial charge on any atom is 0.323 e. The molecule has 1 heterocycles. The Morgan fingerprint density at radius 2 is 1.95 bits per heavy atom. The van der Waals surface area contributed by atoms with Gasteiger partial charge in [-0.15, -0.1) is 0 Å². The minimum Gasteiger partial charge on any atom is -0.462 e. The molecule has 116 valence electrons. The first-order valence-electron chi connectivity index (χ1n) is 8.17. The van der Waals surface area contributed by atoms with Gasteiger partial charge in [0.2, 0.25) is 0 Å². The lowest BCUT2D eigenvalue weighted by molar-refractivity contribution is -0.149. The first-order chi connectivity index (χ1) is 9.66. The molecular weight excluding hydrogens is 254 g/mol. The molecule has 1 aliphatic carbocycles. The van der Waals surface area contributed by atoms with Crippen molar-refractivity contribution in [3.63, 3.8) is 0 Å². The number of hydrogen-bond acceptors (Lipinski definition) is 4.